The summed E-state index contributed by atoms with van der Waals surface area (Å²) in [5.41, 5.74) is 7.27. The van der Waals surface area contributed by atoms with Gasteiger partial charge >= 0.3 is 0 Å². The molecule has 0 spiro atoms. The van der Waals surface area contributed by atoms with Gasteiger partial charge in [-0.3, -0.25) is 0 Å². The van der Waals surface area contributed by atoms with Crippen molar-refractivity contribution in [3.63, 3.8) is 0 Å². The highest BCUT2D eigenvalue weighted by atomic mass is 16.5. The predicted octanol–water partition coefficient (Wildman–Crippen LogP) is 3.03. The molecule has 3 heteroatoms. The average Bonchev–Trinajstić information content (AvgIpc) is 2.46. The number of fused-ring (bicyclic) bond motifs is 1. The number of rotatable bonds is 2. The van der Waals surface area contributed by atoms with Crippen LogP contribution in [0.1, 0.15) is 24.5 Å². The Hall–Kier alpha value is -1.58. The third-order valence-electron chi connectivity index (χ3n) is 3.81. The Kier molecular flexibility index (Phi) is 3.40. The number of nitrogens with two attached hydrogens (primary N) is 1. The van der Waals surface area contributed by atoms with Crippen LogP contribution in [0.4, 0.5) is 0 Å². The van der Waals surface area contributed by atoms with Gasteiger partial charge < -0.3 is 15.2 Å². The van der Waals surface area contributed by atoms with E-state index in [0.717, 1.165) is 30.6 Å². The molecule has 1 heterocycles. The highest BCUT2D eigenvalue weighted by molar-refractivity contribution is 5.91. The number of ether oxygens (including phenoxy) is 2. The summed E-state index contributed by atoms with van der Waals surface area (Å²) in [6.45, 7) is 0.742. The van der Waals surface area contributed by atoms with Crippen molar-refractivity contribution in [3.05, 3.63) is 42.0 Å². The zero-order chi connectivity index (χ0) is 13.2. The average molecular weight is 257 g/mol. The van der Waals surface area contributed by atoms with Gasteiger partial charge in [0.15, 0.2) is 0 Å². The summed E-state index contributed by atoms with van der Waals surface area (Å²) in [6, 6.07) is 12.6. The molecule has 2 aromatic carbocycles. The van der Waals surface area contributed by atoms with Crippen molar-refractivity contribution < 1.29 is 9.47 Å². The van der Waals surface area contributed by atoms with Gasteiger partial charge in [-0.15, -0.1) is 0 Å². The summed E-state index contributed by atoms with van der Waals surface area (Å²) in [7, 11) is 1.70. The van der Waals surface area contributed by atoms with Gasteiger partial charge in [0.05, 0.1) is 13.2 Å². The minimum atomic E-state index is 0.0968. The molecule has 19 heavy (non-hydrogen) atoms. The SMILES string of the molecule is COc1ccc(C2CC(N)CCO2)c2ccccc12. The maximum atomic E-state index is 6.06. The molecule has 3 nitrogen and oxygen atoms in total. The third kappa shape index (κ3) is 2.31. The monoisotopic (exact) mass is 257 g/mol. The third-order valence-corrected chi connectivity index (χ3v) is 3.81. The lowest BCUT2D eigenvalue weighted by Gasteiger charge is -2.28. The lowest BCUT2D eigenvalue weighted by Crippen LogP contribution is -2.30. The summed E-state index contributed by atoms with van der Waals surface area (Å²) in [5.74, 6) is 0.902. The predicted molar refractivity (Wildman–Crippen MR) is 76.4 cm³/mol. The molecule has 0 bridgehead atoms. The van der Waals surface area contributed by atoms with E-state index in [1.54, 1.807) is 7.11 Å². The molecule has 1 aliphatic heterocycles. The van der Waals surface area contributed by atoms with E-state index in [-0.39, 0.29) is 12.1 Å². The lowest BCUT2D eigenvalue weighted by atomic mass is 9.93. The van der Waals surface area contributed by atoms with E-state index in [9.17, 15) is 0 Å². The van der Waals surface area contributed by atoms with Crippen molar-refractivity contribution in [2.45, 2.75) is 25.0 Å². The Morgan fingerprint density at radius 3 is 2.68 bits per heavy atom. The van der Waals surface area contributed by atoms with Crippen molar-refractivity contribution in [2.75, 3.05) is 13.7 Å². The van der Waals surface area contributed by atoms with Crippen LogP contribution in [0.2, 0.25) is 0 Å². The van der Waals surface area contributed by atoms with Crippen molar-refractivity contribution in [1.82, 2.24) is 0 Å². The summed E-state index contributed by atoms with van der Waals surface area (Å²) < 4.78 is 11.3. The fourth-order valence-corrected chi connectivity index (χ4v) is 2.79. The van der Waals surface area contributed by atoms with Gasteiger partial charge in [0.2, 0.25) is 0 Å². The highest BCUT2D eigenvalue weighted by Crippen LogP contribution is 2.36. The fraction of sp³-hybridized carbons (Fsp3) is 0.375. The molecule has 100 valence electrons. The molecule has 3 rings (SSSR count). The molecule has 1 saturated heterocycles. The van der Waals surface area contributed by atoms with E-state index >= 15 is 0 Å². The maximum Gasteiger partial charge on any atom is 0.126 e. The molecule has 2 N–H and O–H groups in total. The molecule has 0 saturated carbocycles. The second kappa shape index (κ2) is 5.19. The summed E-state index contributed by atoms with van der Waals surface area (Å²) in [4.78, 5) is 0. The Balaban J connectivity index is 2.09. The van der Waals surface area contributed by atoms with E-state index in [0.29, 0.717) is 0 Å². The van der Waals surface area contributed by atoms with E-state index in [1.165, 1.54) is 10.9 Å². The van der Waals surface area contributed by atoms with Crippen LogP contribution < -0.4 is 10.5 Å². The smallest absolute Gasteiger partial charge is 0.126 e. The van der Waals surface area contributed by atoms with Crippen LogP contribution in [0, 0.1) is 0 Å². The summed E-state index contributed by atoms with van der Waals surface area (Å²) >= 11 is 0. The van der Waals surface area contributed by atoms with Crippen LogP contribution in [0.25, 0.3) is 10.8 Å². The minimum absolute atomic E-state index is 0.0968. The van der Waals surface area contributed by atoms with Crippen molar-refractivity contribution in [2.24, 2.45) is 5.73 Å². The van der Waals surface area contributed by atoms with Crippen LogP contribution >= 0.6 is 0 Å². The van der Waals surface area contributed by atoms with Crippen LogP contribution in [-0.4, -0.2) is 19.8 Å². The van der Waals surface area contributed by atoms with Crippen molar-refractivity contribution >= 4 is 10.8 Å². The van der Waals surface area contributed by atoms with Gasteiger partial charge in [-0.05, 0) is 29.9 Å². The van der Waals surface area contributed by atoms with Crippen molar-refractivity contribution in [3.8, 4) is 5.75 Å². The Bertz CT molecular complexity index is 582. The topological polar surface area (TPSA) is 44.5 Å². The van der Waals surface area contributed by atoms with E-state index in [1.807, 2.05) is 18.2 Å². The highest BCUT2D eigenvalue weighted by Gasteiger charge is 2.23. The Morgan fingerprint density at radius 2 is 1.95 bits per heavy atom. The first-order valence-corrected chi connectivity index (χ1v) is 6.72. The normalized spacial score (nSPS) is 23.5. The summed E-state index contributed by atoms with van der Waals surface area (Å²) in [5, 5.41) is 2.33. The van der Waals surface area contributed by atoms with Gasteiger partial charge in [0, 0.05) is 18.0 Å². The van der Waals surface area contributed by atoms with Crippen LogP contribution in [0.3, 0.4) is 0 Å². The van der Waals surface area contributed by atoms with E-state index in [2.05, 4.69) is 18.2 Å². The largest absolute Gasteiger partial charge is 0.496 e. The Labute approximate surface area is 113 Å². The van der Waals surface area contributed by atoms with Gasteiger partial charge in [-0.1, -0.05) is 30.3 Å². The standard InChI is InChI=1S/C16H19NO2/c1-18-15-7-6-14(12-4-2-3-5-13(12)15)16-10-11(17)8-9-19-16/h2-7,11,16H,8-10,17H2,1H3. The maximum absolute atomic E-state index is 6.06. The van der Waals surface area contributed by atoms with Gasteiger partial charge in [0.1, 0.15) is 5.75 Å². The van der Waals surface area contributed by atoms with Crippen LogP contribution in [-0.2, 0) is 4.74 Å². The van der Waals surface area contributed by atoms with Gasteiger partial charge in [-0.2, -0.15) is 0 Å². The molecule has 1 fully saturated rings. The van der Waals surface area contributed by atoms with E-state index in [4.69, 9.17) is 15.2 Å². The number of hydrogen-bond donors (Lipinski definition) is 1. The summed E-state index contributed by atoms with van der Waals surface area (Å²) in [6.07, 6.45) is 1.93. The Morgan fingerprint density at radius 1 is 1.16 bits per heavy atom. The van der Waals surface area contributed by atoms with Gasteiger partial charge in [-0.25, -0.2) is 0 Å². The minimum Gasteiger partial charge on any atom is -0.496 e. The number of methoxy groups -OCH3 is 1. The van der Waals surface area contributed by atoms with Crippen LogP contribution in [0.5, 0.6) is 5.75 Å². The molecule has 2 aromatic rings. The van der Waals surface area contributed by atoms with Crippen LogP contribution in [0.15, 0.2) is 36.4 Å². The number of benzene rings is 2. The molecule has 1 aliphatic rings. The number of hydrogen-bond acceptors (Lipinski definition) is 3. The first-order valence-electron chi connectivity index (χ1n) is 6.72. The molecule has 2 unspecified atom stereocenters. The molecule has 2 atom stereocenters. The molecular formula is C16H19NO2. The zero-order valence-electron chi connectivity index (χ0n) is 11.1. The molecule has 0 radical (unpaired) electrons. The molecule has 0 amide bonds. The molecule has 0 aromatic heterocycles. The second-order valence-electron chi connectivity index (χ2n) is 5.05. The second-order valence-corrected chi connectivity index (χ2v) is 5.05. The zero-order valence-corrected chi connectivity index (χ0v) is 11.1. The quantitative estimate of drug-likeness (QED) is 0.899. The van der Waals surface area contributed by atoms with Crippen molar-refractivity contribution in [1.29, 1.82) is 0 Å². The fourth-order valence-electron chi connectivity index (χ4n) is 2.79. The van der Waals surface area contributed by atoms with E-state index < -0.39 is 0 Å². The molecular weight excluding hydrogens is 238 g/mol. The molecule has 0 aliphatic carbocycles. The first kappa shape index (κ1) is 12.5. The van der Waals surface area contributed by atoms with Gasteiger partial charge in [0.25, 0.3) is 0 Å². The first-order chi connectivity index (χ1) is 9.29. The lowest BCUT2D eigenvalue weighted by molar-refractivity contribution is 0.00754.